The summed E-state index contributed by atoms with van der Waals surface area (Å²) >= 11 is 0. The Bertz CT molecular complexity index is 1120. The van der Waals surface area contributed by atoms with Gasteiger partial charge in [0.05, 0.1) is 10.8 Å². The highest BCUT2D eigenvalue weighted by atomic mass is 32.2. The molecule has 2 saturated heterocycles. The van der Waals surface area contributed by atoms with Gasteiger partial charge in [0.1, 0.15) is 5.82 Å². The van der Waals surface area contributed by atoms with E-state index >= 15 is 0 Å². The fraction of sp³-hybridized carbons (Fsp3) is 0.417. The van der Waals surface area contributed by atoms with Crippen LogP contribution in [-0.2, 0) is 32.7 Å². The molecule has 7 nitrogen and oxygen atoms in total. The van der Waals surface area contributed by atoms with Crippen LogP contribution in [-0.4, -0.2) is 49.1 Å². The minimum Gasteiger partial charge on any atom is -0.352 e. The third-order valence-electron chi connectivity index (χ3n) is 6.31. The normalized spacial score (nSPS) is 19.6. The zero-order valence-corrected chi connectivity index (χ0v) is 19.2. The predicted octanol–water partition coefficient (Wildman–Crippen LogP) is 2.67. The molecule has 4 rings (SSSR count). The summed E-state index contributed by atoms with van der Waals surface area (Å²) in [4.78, 5) is 26.7. The number of carbonyl (C=O) groups excluding carboxylic acids is 2. The molecule has 2 aliphatic heterocycles. The van der Waals surface area contributed by atoms with Crippen LogP contribution >= 0.6 is 0 Å². The molecule has 9 heteroatoms. The third-order valence-corrected chi connectivity index (χ3v) is 8.19. The zero-order valence-electron chi connectivity index (χ0n) is 18.4. The van der Waals surface area contributed by atoms with E-state index in [1.807, 2.05) is 29.2 Å². The van der Waals surface area contributed by atoms with Crippen LogP contribution in [0.25, 0.3) is 0 Å². The zero-order chi connectivity index (χ0) is 23.4. The van der Waals surface area contributed by atoms with E-state index in [0.29, 0.717) is 38.9 Å². The molecule has 0 unspecified atom stereocenters. The first kappa shape index (κ1) is 23.4. The maximum absolute atomic E-state index is 13.2. The highest BCUT2D eigenvalue weighted by molar-refractivity contribution is 7.89. The SMILES string of the molecule is O=C(NCc1ccccc1CN1CCCC1=O)[C@@H]1CCCN(S(=O)(=O)c2ccc(F)cc2)C1. The molecule has 0 aromatic heterocycles. The van der Waals surface area contributed by atoms with Crippen molar-refractivity contribution in [3.8, 4) is 0 Å². The molecule has 176 valence electrons. The average molecular weight is 474 g/mol. The van der Waals surface area contributed by atoms with E-state index < -0.39 is 21.8 Å². The lowest BCUT2D eigenvalue weighted by Crippen LogP contribution is -2.45. The van der Waals surface area contributed by atoms with Gasteiger partial charge < -0.3 is 10.2 Å². The molecule has 1 atom stereocenters. The fourth-order valence-electron chi connectivity index (χ4n) is 4.42. The monoisotopic (exact) mass is 473 g/mol. The molecule has 2 amide bonds. The molecule has 0 spiro atoms. The van der Waals surface area contributed by atoms with Gasteiger partial charge in [-0.15, -0.1) is 0 Å². The quantitative estimate of drug-likeness (QED) is 0.670. The van der Waals surface area contributed by atoms with Gasteiger partial charge in [-0.05, 0) is 54.7 Å². The molecule has 0 aliphatic carbocycles. The minimum absolute atomic E-state index is 0.0235. The average Bonchev–Trinajstić information content (AvgIpc) is 3.23. The molecule has 2 heterocycles. The number of benzene rings is 2. The Morgan fingerprint density at radius 2 is 1.76 bits per heavy atom. The first-order chi connectivity index (χ1) is 15.8. The standard InChI is InChI=1S/C24H28FN3O4S/c25-21-9-11-22(12-10-21)33(31,32)28-14-3-7-20(17-28)24(30)26-15-18-5-1-2-6-19(18)16-27-13-4-8-23(27)29/h1-2,5-6,9-12,20H,3-4,7-8,13-17H2,(H,26,30)/t20-/m1/s1. The number of nitrogens with one attached hydrogen (secondary N) is 1. The van der Waals surface area contributed by atoms with Gasteiger partial charge in [0.2, 0.25) is 21.8 Å². The van der Waals surface area contributed by atoms with Gasteiger partial charge in [-0.25, -0.2) is 12.8 Å². The highest BCUT2D eigenvalue weighted by Crippen LogP contribution is 2.24. The number of sulfonamides is 1. The topological polar surface area (TPSA) is 86.8 Å². The maximum Gasteiger partial charge on any atom is 0.243 e. The molecule has 2 fully saturated rings. The molecule has 2 aliphatic rings. The van der Waals surface area contributed by atoms with Gasteiger partial charge in [-0.3, -0.25) is 9.59 Å². The van der Waals surface area contributed by atoms with Crippen LogP contribution < -0.4 is 5.32 Å². The Balaban J connectivity index is 1.38. The molecule has 0 saturated carbocycles. The number of carbonyl (C=O) groups is 2. The van der Waals surface area contributed by atoms with Gasteiger partial charge in [0, 0.05) is 39.1 Å². The molecule has 33 heavy (non-hydrogen) atoms. The molecule has 0 radical (unpaired) electrons. The number of piperidine rings is 1. The van der Waals surface area contributed by atoms with Crippen LogP contribution in [0.1, 0.15) is 36.8 Å². The number of rotatable bonds is 7. The summed E-state index contributed by atoms with van der Waals surface area (Å²) in [6.07, 6.45) is 2.63. The molecule has 0 bridgehead atoms. The Morgan fingerprint density at radius 3 is 2.45 bits per heavy atom. The molecule has 2 aromatic rings. The summed E-state index contributed by atoms with van der Waals surface area (Å²) in [5, 5.41) is 2.95. The lowest BCUT2D eigenvalue weighted by Gasteiger charge is -2.31. The summed E-state index contributed by atoms with van der Waals surface area (Å²) in [5.74, 6) is -1.000. The van der Waals surface area contributed by atoms with Crippen molar-refractivity contribution in [3.63, 3.8) is 0 Å². The summed E-state index contributed by atoms with van der Waals surface area (Å²) in [7, 11) is -3.79. The third kappa shape index (κ3) is 5.42. The second-order valence-electron chi connectivity index (χ2n) is 8.56. The van der Waals surface area contributed by atoms with Crippen LogP contribution in [0.5, 0.6) is 0 Å². The van der Waals surface area contributed by atoms with Gasteiger partial charge in [-0.1, -0.05) is 24.3 Å². The van der Waals surface area contributed by atoms with Crippen LogP contribution in [0.15, 0.2) is 53.4 Å². The van der Waals surface area contributed by atoms with Crippen molar-refractivity contribution in [3.05, 3.63) is 65.5 Å². The van der Waals surface area contributed by atoms with E-state index in [0.717, 1.165) is 36.2 Å². The lowest BCUT2D eigenvalue weighted by molar-refractivity contribution is -0.128. The maximum atomic E-state index is 13.2. The summed E-state index contributed by atoms with van der Waals surface area (Å²) < 4.78 is 40.3. The predicted molar refractivity (Wildman–Crippen MR) is 121 cm³/mol. The molecule has 2 aromatic carbocycles. The van der Waals surface area contributed by atoms with E-state index in [4.69, 9.17) is 0 Å². The van der Waals surface area contributed by atoms with Crippen molar-refractivity contribution in [1.82, 2.24) is 14.5 Å². The van der Waals surface area contributed by atoms with Crippen LogP contribution in [0.2, 0.25) is 0 Å². The smallest absolute Gasteiger partial charge is 0.243 e. The lowest BCUT2D eigenvalue weighted by atomic mass is 9.98. The van der Waals surface area contributed by atoms with Gasteiger partial charge >= 0.3 is 0 Å². The van der Waals surface area contributed by atoms with Gasteiger partial charge in [0.25, 0.3) is 0 Å². The minimum atomic E-state index is -3.79. The van der Waals surface area contributed by atoms with Crippen molar-refractivity contribution in [1.29, 1.82) is 0 Å². The largest absolute Gasteiger partial charge is 0.352 e. The van der Waals surface area contributed by atoms with Crippen LogP contribution in [0, 0.1) is 11.7 Å². The van der Waals surface area contributed by atoms with Crippen molar-refractivity contribution >= 4 is 21.8 Å². The van der Waals surface area contributed by atoms with E-state index in [9.17, 15) is 22.4 Å². The summed E-state index contributed by atoms with van der Waals surface area (Å²) in [6, 6.07) is 12.4. The van der Waals surface area contributed by atoms with Gasteiger partial charge in [-0.2, -0.15) is 4.31 Å². The Hall–Kier alpha value is -2.78. The number of halogens is 1. The summed E-state index contributed by atoms with van der Waals surface area (Å²) in [5.41, 5.74) is 1.94. The van der Waals surface area contributed by atoms with Crippen molar-refractivity contribution in [2.75, 3.05) is 19.6 Å². The second-order valence-corrected chi connectivity index (χ2v) is 10.5. The first-order valence-corrected chi connectivity index (χ1v) is 12.7. The van der Waals surface area contributed by atoms with Gasteiger partial charge in [0.15, 0.2) is 0 Å². The van der Waals surface area contributed by atoms with E-state index in [2.05, 4.69) is 5.32 Å². The van der Waals surface area contributed by atoms with Crippen molar-refractivity contribution < 1.29 is 22.4 Å². The second kappa shape index (κ2) is 10.0. The Labute approximate surface area is 193 Å². The number of nitrogens with zero attached hydrogens (tertiary/aromatic N) is 2. The highest BCUT2D eigenvalue weighted by Gasteiger charge is 2.33. The summed E-state index contributed by atoms with van der Waals surface area (Å²) in [6.45, 7) is 2.02. The van der Waals surface area contributed by atoms with Crippen LogP contribution in [0.3, 0.4) is 0 Å². The first-order valence-electron chi connectivity index (χ1n) is 11.2. The van der Waals surface area contributed by atoms with Crippen LogP contribution in [0.4, 0.5) is 4.39 Å². The van der Waals surface area contributed by atoms with Crippen molar-refractivity contribution in [2.24, 2.45) is 5.92 Å². The fourth-order valence-corrected chi connectivity index (χ4v) is 5.94. The number of amides is 2. The number of hydrogen-bond acceptors (Lipinski definition) is 4. The van der Waals surface area contributed by atoms with E-state index in [1.165, 1.54) is 16.4 Å². The number of likely N-dealkylation sites (tertiary alicyclic amines) is 1. The van der Waals surface area contributed by atoms with E-state index in [1.54, 1.807) is 0 Å². The van der Waals surface area contributed by atoms with E-state index in [-0.39, 0.29) is 23.3 Å². The Kier molecular flexibility index (Phi) is 7.09. The molecular formula is C24H28FN3O4S. The molecule has 1 N–H and O–H groups in total. The Morgan fingerprint density at radius 1 is 1.03 bits per heavy atom. The van der Waals surface area contributed by atoms with Crippen molar-refractivity contribution in [2.45, 2.75) is 43.7 Å². The molecular weight excluding hydrogens is 445 g/mol. The number of hydrogen-bond donors (Lipinski definition) is 1.